The number of esters is 2. The van der Waals surface area contributed by atoms with Gasteiger partial charge in [-0.25, -0.2) is 0 Å². The van der Waals surface area contributed by atoms with Gasteiger partial charge in [-0.1, -0.05) is 39.3 Å². The summed E-state index contributed by atoms with van der Waals surface area (Å²) in [5.74, 6) is -1.47. The summed E-state index contributed by atoms with van der Waals surface area (Å²) in [4.78, 5) is 28.3. The van der Waals surface area contributed by atoms with Crippen LogP contribution in [0.5, 0.6) is 0 Å². The molecular formula is C48H76O20. The minimum absolute atomic E-state index is 0.0728. The molecule has 8 aliphatic rings. The Bertz CT molecular complexity index is 1880. The van der Waals surface area contributed by atoms with E-state index in [1.807, 2.05) is 13.8 Å². The molecule has 20 nitrogen and oxygen atoms in total. The van der Waals surface area contributed by atoms with Crippen molar-refractivity contribution >= 4 is 11.9 Å². The van der Waals surface area contributed by atoms with Gasteiger partial charge in [0.2, 0.25) is 6.29 Å². The van der Waals surface area contributed by atoms with Crippen LogP contribution in [0.3, 0.4) is 0 Å². The maximum Gasteiger partial charge on any atom is 0.315 e. The Morgan fingerprint density at radius 2 is 1.29 bits per heavy atom. The minimum Gasteiger partial charge on any atom is -0.469 e. The molecule has 4 saturated carbocycles. The average molecular weight is 973 g/mol. The Labute approximate surface area is 396 Å². The van der Waals surface area contributed by atoms with Crippen molar-refractivity contribution in [3.63, 3.8) is 0 Å². The lowest BCUT2D eigenvalue weighted by atomic mass is 9.33. The van der Waals surface area contributed by atoms with Crippen LogP contribution in [0.15, 0.2) is 11.6 Å². The van der Waals surface area contributed by atoms with Gasteiger partial charge in [0, 0.05) is 5.41 Å². The third-order valence-corrected chi connectivity index (χ3v) is 19.5. The second-order valence-corrected chi connectivity index (χ2v) is 22.7. The maximum absolute atomic E-state index is 14.8. The fraction of sp³-hybridized carbons (Fsp3) is 0.917. The van der Waals surface area contributed by atoms with E-state index in [4.69, 9.17) is 33.2 Å². The summed E-state index contributed by atoms with van der Waals surface area (Å²) in [7, 11) is 1.35. The van der Waals surface area contributed by atoms with Crippen molar-refractivity contribution in [3.8, 4) is 0 Å². The number of aliphatic hydroxyl groups excluding tert-OH is 11. The zero-order chi connectivity index (χ0) is 49.7. The Morgan fingerprint density at radius 1 is 0.676 bits per heavy atom. The highest BCUT2D eigenvalue weighted by molar-refractivity contribution is 5.81. The number of allylic oxidation sites excluding steroid dienone is 2. The Morgan fingerprint density at radius 3 is 1.91 bits per heavy atom. The summed E-state index contributed by atoms with van der Waals surface area (Å²) in [6.45, 7) is 8.79. The first-order valence-corrected chi connectivity index (χ1v) is 24.5. The summed E-state index contributed by atoms with van der Waals surface area (Å²) in [5.41, 5.74) is -2.95. The molecule has 0 unspecified atom stereocenters. The van der Waals surface area contributed by atoms with Gasteiger partial charge in [0.1, 0.15) is 67.1 Å². The first kappa shape index (κ1) is 52.4. The molecule has 3 heterocycles. The van der Waals surface area contributed by atoms with Crippen LogP contribution in [0.1, 0.15) is 98.8 Å². The van der Waals surface area contributed by atoms with E-state index in [1.165, 1.54) is 7.11 Å². The van der Waals surface area contributed by atoms with Crippen molar-refractivity contribution in [2.75, 3.05) is 33.5 Å². The molecule has 0 bridgehead atoms. The molecule has 0 aromatic rings. The van der Waals surface area contributed by atoms with E-state index in [2.05, 4.69) is 26.8 Å². The monoisotopic (exact) mass is 972 g/mol. The predicted octanol–water partition coefficient (Wildman–Crippen LogP) is -1.09. The summed E-state index contributed by atoms with van der Waals surface area (Å²) in [6.07, 6.45) is -15.1. The highest BCUT2D eigenvalue weighted by Crippen LogP contribution is 2.76. The molecule has 3 aliphatic heterocycles. The molecule has 0 radical (unpaired) electrons. The molecule has 0 spiro atoms. The molecule has 24 atom stereocenters. The SMILES string of the molecule is COC(=O)[C@@]1(C)CC[C@]2(C(=O)O[C@@H]3O[C@H](CO)[C@@H](O)[C@H](O)[C@H]3O)CC[C@]3(C)C(=CC[C@@H]4[C@@]5(C)CC[C@H](O[C@@H]6OC[C@H](O)[C@H](O[C@@H]7O[C@H](CO)[C@@H](O)[C@H](O)[C@H]7O)[C@H]6O)[C@](C)(CO)[C@@H]5CC[C@]43C)[C@@H]2C1. The molecule has 5 aliphatic carbocycles. The van der Waals surface area contributed by atoms with Crippen LogP contribution >= 0.6 is 0 Å². The minimum atomic E-state index is -1.77. The summed E-state index contributed by atoms with van der Waals surface area (Å²) < 4.78 is 40.7. The number of carbonyl (C=O) groups excluding carboxylic acids is 2. The lowest BCUT2D eigenvalue weighted by Gasteiger charge is -2.71. The lowest BCUT2D eigenvalue weighted by Crippen LogP contribution is -2.67. The number of ether oxygens (including phenoxy) is 7. The zero-order valence-electron chi connectivity index (χ0n) is 40.0. The van der Waals surface area contributed by atoms with Crippen LogP contribution in [-0.2, 0) is 42.7 Å². The van der Waals surface area contributed by atoms with Gasteiger partial charge >= 0.3 is 11.9 Å². The molecule has 0 aromatic heterocycles. The first-order valence-electron chi connectivity index (χ1n) is 24.5. The lowest BCUT2D eigenvalue weighted by molar-refractivity contribution is -0.358. The van der Waals surface area contributed by atoms with Gasteiger partial charge in [0.05, 0.1) is 50.5 Å². The number of fused-ring (bicyclic) bond motifs is 7. The van der Waals surface area contributed by atoms with Gasteiger partial charge in [0.15, 0.2) is 12.6 Å². The highest BCUT2D eigenvalue weighted by atomic mass is 16.7. The van der Waals surface area contributed by atoms with Crippen LogP contribution < -0.4 is 0 Å². The topological polar surface area (TPSA) is 321 Å². The Hall–Kier alpha value is -1.96. The van der Waals surface area contributed by atoms with E-state index in [9.17, 15) is 65.8 Å². The molecule has 8 rings (SSSR count). The largest absolute Gasteiger partial charge is 0.469 e. The van der Waals surface area contributed by atoms with Crippen molar-refractivity contribution in [2.24, 2.45) is 50.2 Å². The Balaban J connectivity index is 1.04. The molecule has 0 amide bonds. The van der Waals surface area contributed by atoms with E-state index >= 15 is 0 Å². The molecule has 11 N–H and O–H groups in total. The number of hydrogen-bond donors (Lipinski definition) is 11. The fourth-order valence-electron chi connectivity index (χ4n) is 15.1. The van der Waals surface area contributed by atoms with Gasteiger partial charge in [-0.2, -0.15) is 0 Å². The van der Waals surface area contributed by atoms with E-state index in [1.54, 1.807) is 0 Å². The van der Waals surface area contributed by atoms with Crippen molar-refractivity contribution in [3.05, 3.63) is 11.6 Å². The average Bonchev–Trinajstić information content (AvgIpc) is 3.31. The molecule has 388 valence electrons. The van der Waals surface area contributed by atoms with Crippen LogP contribution in [0, 0.1) is 50.2 Å². The number of aliphatic hydroxyl groups is 11. The van der Waals surface area contributed by atoms with Crippen molar-refractivity contribution in [1.29, 1.82) is 0 Å². The number of hydrogen-bond acceptors (Lipinski definition) is 20. The third kappa shape index (κ3) is 7.94. The molecule has 68 heavy (non-hydrogen) atoms. The third-order valence-electron chi connectivity index (χ3n) is 19.5. The van der Waals surface area contributed by atoms with Crippen LogP contribution in [-0.4, -0.2) is 194 Å². The smallest absolute Gasteiger partial charge is 0.315 e. The molecule has 7 fully saturated rings. The van der Waals surface area contributed by atoms with Crippen LogP contribution in [0.4, 0.5) is 0 Å². The van der Waals surface area contributed by atoms with Gasteiger partial charge in [-0.3, -0.25) is 9.59 Å². The number of rotatable bonds is 10. The van der Waals surface area contributed by atoms with E-state index < -0.39 is 139 Å². The second kappa shape index (κ2) is 18.8. The zero-order valence-corrected chi connectivity index (χ0v) is 40.0. The van der Waals surface area contributed by atoms with Crippen molar-refractivity contribution in [1.82, 2.24) is 0 Å². The molecule has 20 heteroatoms. The van der Waals surface area contributed by atoms with Crippen LogP contribution in [0.2, 0.25) is 0 Å². The van der Waals surface area contributed by atoms with Gasteiger partial charge < -0.3 is 89.3 Å². The van der Waals surface area contributed by atoms with E-state index in [0.717, 1.165) is 12.0 Å². The van der Waals surface area contributed by atoms with Crippen molar-refractivity contribution in [2.45, 2.75) is 191 Å². The van der Waals surface area contributed by atoms with Gasteiger partial charge in [0.25, 0.3) is 0 Å². The molecule has 0 aromatic carbocycles. The fourth-order valence-corrected chi connectivity index (χ4v) is 15.1. The summed E-state index contributed by atoms with van der Waals surface area (Å²) in [6, 6.07) is 0. The van der Waals surface area contributed by atoms with Crippen molar-refractivity contribution < 1.29 is 98.9 Å². The normalized spacial score (nSPS) is 53.7. The quantitative estimate of drug-likeness (QED) is 0.0704. The second-order valence-electron chi connectivity index (χ2n) is 22.7. The molecule has 3 saturated heterocycles. The predicted molar refractivity (Wildman–Crippen MR) is 232 cm³/mol. The summed E-state index contributed by atoms with van der Waals surface area (Å²) >= 11 is 0. The van der Waals surface area contributed by atoms with Crippen LogP contribution in [0.25, 0.3) is 0 Å². The number of carbonyl (C=O) groups is 2. The number of methoxy groups -OCH3 is 1. The van der Waals surface area contributed by atoms with Gasteiger partial charge in [-0.15, -0.1) is 0 Å². The standard InChI is InChI=1S/C48H76O20/c1-43(41(60)62-6)13-15-48(42(61)68-40-35(58)33(56)31(54)26(19-50)65-40)16-14-46(4)22(23(48)17-43)7-8-28-44(2)11-10-29(45(3,21-51)27(44)9-12-47(28,46)5)66-38-36(59)37(24(52)20-63-38)67-39-34(57)32(55)30(53)25(18-49)64-39/h7,23-40,49-59H,8-21H2,1-6H3/t23-,24-,25+,26+,27+,28+,29-,30+,31+,32-,33-,34+,35+,36+,37-,38-,39-,40-,43-,44-,45+,46+,47+,48-/m0/s1. The van der Waals surface area contributed by atoms with Gasteiger partial charge in [-0.05, 0) is 105 Å². The Kier molecular flexibility index (Phi) is 14.5. The first-order chi connectivity index (χ1) is 31.9. The maximum atomic E-state index is 14.8. The molecular weight excluding hydrogens is 897 g/mol. The van der Waals surface area contributed by atoms with E-state index in [0.29, 0.717) is 51.4 Å². The van der Waals surface area contributed by atoms with E-state index in [-0.39, 0.29) is 48.3 Å². The summed E-state index contributed by atoms with van der Waals surface area (Å²) in [5, 5.41) is 116. The highest BCUT2D eigenvalue weighted by Gasteiger charge is 2.71.